The van der Waals surface area contributed by atoms with Crippen LogP contribution in [0.4, 0.5) is 0 Å². The molecular formula is C11H19NO4S. The molecule has 0 spiro atoms. The Bertz CT molecular complexity index is 281. The standard InChI is InChI=1S/C11H19NO4S/c1-7(13)16-9(11(15-2)17-3)8-5-4-6-12-10(8)14/h8-9,11H,4-6H2,1-3H3,(H,12,14). The van der Waals surface area contributed by atoms with Gasteiger partial charge in [0.25, 0.3) is 0 Å². The number of methoxy groups -OCH3 is 1. The van der Waals surface area contributed by atoms with Gasteiger partial charge < -0.3 is 14.8 Å². The number of hydrogen-bond donors (Lipinski definition) is 1. The molecule has 0 aromatic heterocycles. The summed E-state index contributed by atoms with van der Waals surface area (Å²) in [5.41, 5.74) is -0.312. The SMILES string of the molecule is COC(SC)C(OC(C)=O)C1CCCNC1=O. The molecule has 5 nitrogen and oxygen atoms in total. The largest absolute Gasteiger partial charge is 0.458 e. The quantitative estimate of drug-likeness (QED) is 0.585. The Labute approximate surface area is 106 Å². The first-order chi connectivity index (χ1) is 8.10. The zero-order chi connectivity index (χ0) is 12.8. The molecule has 0 aromatic carbocycles. The summed E-state index contributed by atoms with van der Waals surface area (Å²) < 4.78 is 10.5. The van der Waals surface area contributed by atoms with E-state index < -0.39 is 6.10 Å². The number of amides is 1. The Hall–Kier alpha value is -0.750. The van der Waals surface area contributed by atoms with Crippen LogP contribution in [0.2, 0.25) is 0 Å². The molecule has 1 amide bonds. The van der Waals surface area contributed by atoms with Crippen LogP contribution in [-0.4, -0.2) is 43.3 Å². The van der Waals surface area contributed by atoms with Crippen LogP contribution in [0.25, 0.3) is 0 Å². The van der Waals surface area contributed by atoms with Crippen molar-refractivity contribution >= 4 is 23.6 Å². The molecule has 6 heteroatoms. The van der Waals surface area contributed by atoms with E-state index in [0.29, 0.717) is 6.54 Å². The molecular weight excluding hydrogens is 242 g/mol. The molecule has 3 atom stereocenters. The van der Waals surface area contributed by atoms with E-state index in [2.05, 4.69) is 5.32 Å². The van der Waals surface area contributed by atoms with Gasteiger partial charge in [0.05, 0.1) is 5.92 Å². The molecule has 1 rings (SSSR count). The van der Waals surface area contributed by atoms with Gasteiger partial charge in [-0.3, -0.25) is 9.59 Å². The Morgan fingerprint density at radius 2 is 2.29 bits per heavy atom. The van der Waals surface area contributed by atoms with Crippen LogP contribution in [0, 0.1) is 5.92 Å². The Kier molecular flexibility index (Phi) is 5.77. The third kappa shape index (κ3) is 3.89. The number of carbonyl (C=O) groups is 2. The topological polar surface area (TPSA) is 64.6 Å². The van der Waals surface area contributed by atoms with Crippen molar-refractivity contribution in [3.05, 3.63) is 0 Å². The van der Waals surface area contributed by atoms with E-state index in [0.717, 1.165) is 12.8 Å². The predicted molar refractivity (Wildman–Crippen MR) is 65.6 cm³/mol. The zero-order valence-electron chi connectivity index (χ0n) is 10.4. The number of esters is 1. The Morgan fingerprint density at radius 1 is 1.59 bits per heavy atom. The van der Waals surface area contributed by atoms with Gasteiger partial charge in [-0.25, -0.2) is 0 Å². The summed E-state index contributed by atoms with van der Waals surface area (Å²) in [6.45, 7) is 2.04. The second kappa shape index (κ2) is 6.86. The lowest BCUT2D eigenvalue weighted by Crippen LogP contribution is -2.47. The summed E-state index contributed by atoms with van der Waals surface area (Å²) in [5, 5.41) is 2.79. The first-order valence-corrected chi connectivity index (χ1v) is 6.89. The van der Waals surface area contributed by atoms with Crippen LogP contribution in [0.3, 0.4) is 0 Å². The molecule has 0 radical (unpaired) electrons. The van der Waals surface area contributed by atoms with E-state index in [9.17, 15) is 9.59 Å². The number of thioether (sulfide) groups is 1. The van der Waals surface area contributed by atoms with Crippen molar-refractivity contribution < 1.29 is 19.1 Å². The van der Waals surface area contributed by atoms with Crippen molar-refractivity contribution in [2.24, 2.45) is 5.92 Å². The second-order valence-electron chi connectivity index (χ2n) is 3.95. The van der Waals surface area contributed by atoms with E-state index in [1.54, 1.807) is 7.11 Å². The highest BCUT2D eigenvalue weighted by molar-refractivity contribution is 7.99. The highest BCUT2D eigenvalue weighted by Gasteiger charge is 2.38. The fourth-order valence-electron chi connectivity index (χ4n) is 1.99. The monoisotopic (exact) mass is 261 g/mol. The molecule has 1 N–H and O–H groups in total. The number of ether oxygens (including phenoxy) is 2. The molecule has 1 heterocycles. The number of nitrogens with one attached hydrogen (secondary N) is 1. The van der Waals surface area contributed by atoms with E-state index in [1.165, 1.54) is 18.7 Å². The molecule has 1 aliphatic rings. The van der Waals surface area contributed by atoms with Crippen molar-refractivity contribution in [2.75, 3.05) is 19.9 Å². The molecule has 3 unspecified atom stereocenters. The lowest BCUT2D eigenvalue weighted by atomic mass is 9.93. The van der Waals surface area contributed by atoms with Gasteiger partial charge in [-0.2, -0.15) is 0 Å². The summed E-state index contributed by atoms with van der Waals surface area (Å²) in [6, 6.07) is 0. The van der Waals surface area contributed by atoms with E-state index in [4.69, 9.17) is 9.47 Å². The summed E-state index contributed by atoms with van der Waals surface area (Å²) in [5.74, 6) is -0.756. The maximum atomic E-state index is 11.8. The molecule has 1 aliphatic heterocycles. The Morgan fingerprint density at radius 3 is 2.76 bits per heavy atom. The van der Waals surface area contributed by atoms with Gasteiger partial charge in [0.2, 0.25) is 5.91 Å². The van der Waals surface area contributed by atoms with Gasteiger partial charge in [0, 0.05) is 20.6 Å². The molecule has 1 fully saturated rings. The minimum absolute atomic E-state index is 0.0569. The average Bonchev–Trinajstić information content (AvgIpc) is 2.29. The van der Waals surface area contributed by atoms with Crippen LogP contribution >= 0.6 is 11.8 Å². The summed E-state index contributed by atoms with van der Waals surface area (Å²) >= 11 is 1.44. The summed E-state index contributed by atoms with van der Waals surface area (Å²) in [6.07, 6.45) is 2.97. The van der Waals surface area contributed by atoms with Crippen molar-refractivity contribution in [3.8, 4) is 0 Å². The molecule has 0 aromatic rings. The lowest BCUT2D eigenvalue weighted by molar-refractivity contribution is -0.157. The van der Waals surface area contributed by atoms with Crippen LogP contribution < -0.4 is 5.32 Å². The number of carbonyl (C=O) groups excluding carboxylic acids is 2. The van der Waals surface area contributed by atoms with Crippen LogP contribution in [0.1, 0.15) is 19.8 Å². The van der Waals surface area contributed by atoms with E-state index in [1.807, 2.05) is 6.26 Å². The first kappa shape index (κ1) is 14.3. The molecule has 17 heavy (non-hydrogen) atoms. The van der Waals surface area contributed by atoms with E-state index in [-0.39, 0.29) is 23.2 Å². The van der Waals surface area contributed by atoms with Crippen molar-refractivity contribution in [3.63, 3.8) is 0 Å². The van der Waals surface area contributed by atoms with Crippen LogP contribution in [0.15, 0.2) is 0 Å². The van der Waals surface area contributed by atoms with Gasteiger partial charge in [0.1, 0.15) is 11.5 Å². The van der Waals surface area contributed by atoms with Crippen molar-refractivity contribution in [1.29, 1.82) is 0 Å². The fourth-order valence-corrected chi connectivity index (χ4v) is 2.70. The highest BCUT2D eigenvalue weighted by atomic mass is 32.2. The fraction of sp³-hybridized carbons (Fsp3) is 0.818. The molecule has 0 bridgehead atoms. The summed E-state index contributed by atoms with van der Waals surface area (Å²) in [7, 11) is 1.55. The van der Waals surface area contributed by atoms with Crippen molar-refractivity contribution in [2.45, 2.75) is 31.3 Å². The zero-order valence-corrected chi connectivity index (χ0v) is 11.2. The summed E-state index contributed by atoms with van der Waals surface area (Å²) in [4.78, 5) is 22.9. The third-order valence-electron chi connectivity index (χ3n) is 2.76. The predicted octanol–water partition coefficient (Wildman–Crippen LogP) is 0.780. The van der Waals surface area contributed by atoms with Crippen LogP contribution in [0.5, 0.6) is 0 Å². The minimum atomic E-state index is -0.521. The van der Waals surface area contributed by atoms with Crippen LogP contribution in [-0.2, 0) is 19.1 Å². The molecule has 1 saturated heterocycles. The smallest absolute Gasteiger partial charge is 0.303 e. The normalized spacial score (nSPS) is 23.7. The average molecular weight is 261 g/mol. The maximum Gasteiger partial charge on any atom is 0.303 e. The minimum Gasteiger partial charge on any atom is -0.458 e. The van der Waals surface area contributed by atoms with Gasteiger partial charge in [0.15, 0.2) is 0 Å². The second-order valence-corrected chi connectivity index (χ2v) is 4.89. The van der Waals surface area contributed by atoms with Gasteiger partial charge in [-0.1, -0.05) is 0 Å². The first-order valence-electron chi connectivity index (χ1n) is 5.60. The molecule has 98 valence electrons. The van der Waals surface area contributed by atoms with Crippen molar-refractivity contribution in [1.82, 2.24) is 5.32 Å². The van der Waals surface area contributed by atoms with E-state index >= 15 is 0 Å². The maximum absolute atomic E-state index is 11.8. The van der Waals surface area contributed by atoms with Gasteiger partial charge >= 0.3 is 5.97 Å². The molecule has 0 aliphatic carbocycles. The Balaban J connectivity index is 2.79. The third-order valence-corrected chi connectivity index (χ3v) is 3.68. The number of hydrogen-bond acceptors (Lipinski definition) is 5. The lowest BCUT2D eigenvalue weighted by Gasteiger charge is -2.32. The van der Waals surface area contributed by atoms with Gasteiger partial charge in [-0.15, -0.1) is 11.8 Å². The highest BCUT2D eigenvalue weighted by Crippen LogP contribution is 2.27. The number of piperidine rings is 1. The van der Waals surface area contributed by atoms with Gasteiger partial charge in [-0.05, 0) is 19.1 Å². The molecule has 0 saturated carbocycles. The number of rotatable bonds is 5.